The molecule has 4 saturated carbocycles. The summed E-state index contributed by atoms with van der Waals surface area (Å²) in [4.78, 5) is 5.03. The topological polar surface area (TPSA) is 32.8 Å². The minimum atomic E-state index is 0.543. The van der Waals surface area contributed by atoms with Crippen LogP contribution in [0.3, 0.4) is 0 Å². The number of furan rings is 2. The Kier molecular flexibility index (Phi) is 11.8. The molecule has 2 aromatic heterocycles. The number of hydrogen-bond donors (Lipinski definition) is 0. The molecule has 79 heavy (non-hydrogen) atoms. The molecule has 0 amide bonds. The van der Waals surface area contributed by atoms with E-state index in [1.54, 1.807) is 0 Å². The van der Waals surface area contributed by atoms with Gasteiger partial charge >= 0.3 is 0 Å². The van der Waals surface area contributed by atoms with Gasteiger partial charge < -0.3 is 18.6 Å². The van der Waals surface area contributed by atoms with Crippen LogP contribution in [-0.2, 0) is 6.42 Å². The molecule has 16 rings (SSSR count). The zero-order chi connectivity index (χ0) is 52.0. The molecule has 0 aliphatic heterocycles. The van der Waals surface area contributed by atoms with Crippen molar-refractivity contribution in [3.8, 4) is 0 Å². The van der Waals surface area contributed by atoms with Crippen molar-refractivity contribution in [3.05, 3.63) is 192 Å². The molecule has 392 valence electrons. The lowest BCUT2D eigenvalue weighted by Crippen LogP contribution is -2.12. The molecule has 10 aromatic carbocycles. The maximum atomic E-state index is 7.29. The normalized spacial score (nSPS) is 17.3. The van der Waals surface area contributed by atoms with E-state index in [9.17, 15) is 0 Å². The molecule has 2 heterocycles. The van der Waals surface area contributed by atoms with Crippen LogP contribution in [0.1, 0.15) is 156 Å². The van der Waals surface area contributed by atoms with E-state index in [4.69, 9.17) is 8.83 Å². The molecule has 0 N–H and O–H groups in total. The highest BCUT2D eigenvalue weighted by Crippen LogP contribution is 2.52. The number of fused-ring (bicyclic) bond motifs is 6. The number of nitrogens with zero attached hydrogens (tertiary/aromatic N) is 2. The van der Waals surface area contributed by atoms with Gasteiger partial charge in [0.25, 0.3) is 0 Å². The Morgan fingerprint density at radius 3 is 1.27 bits per heavy atom. The number of benzene rings is 10. The molecule has 4 aliphatic rings. The smallest absolute Gasteiger partial charge is 0.159 e. The summed E-state index contributed by atoms with van der Waals surface area (Å²) >= 11 is 0. The maximum absolute atomic E-state index is 7.29. The molecular weight excluding hydrogens is 961 g/mol. The van der Waals surface area contributed by atoms with Crippen LogP contribution >= 0.6 is 0 Å². The first-order valence-electron chi connectivity index (χ1n) is 30.6. The van der Waals surface area contributed by atoms with Gasteiger partial charge in [-0.2, -0.15) is 0 Å². The lowest BCUT2D eigenvalue weighted by Gasteiger charge is -2.30. The Morgan fingerprint density at radius 1 is 0.316 bits per heavy atom. The average molecular weight is 1030 g/mol. The van der Waals surface area contributed by atoms with Crippen molar-refractivity contribution in [1.82, 2.24) is 0 Å². The highest BCUT2D eigenvalue weighted by Gasteiger charge is 2.29. The van der Waals surface area contributed by atoms with E-state index in [-0.39, 0.29) is 0 Å². The van der Waals surface area contributed by atoms with Crippen molar-refractivity contribution < 1.29 is 8.83 Å². The van der Waals surface area contributed by atoms with Crippen LogP contribution in [0.15, 0.2) is 179 Å². The standard InChI is InChI=1S/C75H70N2O2/c1-3-17-49(18-4-1)51-31-39-57(40-32-51)76(68-29-13-27-62-60-25-11-23-56(72(60)78-74(62)68)47-48-15-7-8-16-48)66-45-37-54-36-44-65-67(46-38-55-35-43-64(66)70(54)71(55)65)77(58-41-33-52(34-42-58)50-19-5-2-6-20-50)69-30-14-28-63-61-26-12-24-59(53-21-9-10-22-53)73(61)79-75(63)69/h11-14,23-46,48-50,53H,1-10,15-22,47H2. The van der Waals surface area contributed by atoms with Crippen LogP contribution in [0, 0.1) is 5.92 Å². The van der Waals surface area contributed by atoms with Crippen LogP contribution < -0.4 is 9.80 Å². The van der Waals surface area contributed by atoms with Crippen LogP contribution in [0.5, 0.6) is 0 Å². The summed E-state index contributed by atoms with van der Waals surface area (Å²) in [5, 5.41) is 12.3. The Balaban J connectivity index is 0.897. The van der Waals surface area contributed by atoms with Gasteiger partial charge in [0.15, 0.2) is 11.2 Å². The maximum Gasteiger partial charge on any atom is 0.159 e. The SMILES string of the molecule is c1cc(CC2CCCC2)c2oc3c(N(c4ccc(C5CCCCC5)cc4)c4ccc5ccc6c(N(c7ccc(C8CCCCC8)cc7)c7cccc8c7oc7c(C9CCCC9)cccc78)ccc7ccc4c5c76)cccc3c2c1. The third kappa shape index (κ3) is 8.05. The van der Waals surface area contributed by atoms with Crippen LogP contribution in [0.25, 0.3) is 76.2 Å². The average Bonchev–Trinajstić information content (AvgIpc) is 4.40. The van der Waals surface area contributed by atoms with Gasteiger partial charge in [0, 0.05) is 43.7 Å². The van der Waals surface area contributed by atoms with Crippen molar-refractivity contribution in [3.63, 3.8) is 0 Å². The van der Waals surface area contributed by atoms with Gasteiger partial charge in [0.1, 0.15) is 11.2 Å². The summed E-state index contributed by atoms with van der Waals surface area (Å²) in [6.07, 6.45) is 24.5. The molecule has 0 saturated heterocycles. The summed E-state index contributed by atoms with van der Waals surface area (Å²) in [7, 11) is 0. The first-order valence-corrected chi connectivity index (χ1v) is 30.6. The van der Waals surface area contributed by atoms with Gasteiger partial charge in [-0.1, -0.05) is 198 Å². The van der Waals surface area contributed by atoms with Gasteiger partial charge in [-0.05, 0) is 161 Å². The van der Waals surface area contributed by atoms with Gasteiger partial charge in [0.05, 0.1) is 22.7 Å². The van der Waals surface area contributed by atoms with Crippen LogP contribution in [0.4, 0.5) is 34.1 Å². The highest BCUT2D eigenvalue weighted by molar-refractivity contribution is 6.29. The van der Waals surface area contributed by atoms with Gasteiger partial charge in [-0.25, -0.2) is 0 Å². The van der Waals surface area contributed by atoms with Crippen molar-refractivity contribution in [1.29, 1.82) is 0 Å². The molecule has 0 unspecified atom stereocenters. The summed E-state index contributed by atoms with van der Waals surface area (Å²) in [6, 6.07) is 65.6. The summed E-state index contributed by atoms with van der Waals surface area (Å²) in [5.41, 5.74) is 16.4. The molecule has 4 fully saturated rings. The van der Waals surface area contributed by atoms with E-state index in [0.717, 1.165) is 68.8 Å². The number of rotatable bonds is 11. The van der Waals surface area contributed by atoms with Gasteiger partial charge in [-0.3, -0.25) is 0 Å². The third-order valence-corrected chi connectivity index (χ3v) is 19.9. The minimum absolute atomic E-state index is 0.543. The first-order chi connectivity index (χ1) is 39.2. The van der Waals surface area contributed by atoms with E-state index in [2.05, 4.69) is 180 Å². The Morgan fingerprint density at radius 2 is 0.734 bits per heavy atom. The fraction of sp³-hybridized carbons (Fsp3) is 0.307. The molecule has 4 aliphatic carbocycles. The van der Waals surface area contributed by atoms with E-state index >= 15 is 0 Å². The minimum Gasteiger partial charge on any atom is -0.454 e. The van der Waals surface area contributed by atoms with E-state index < -0.39 is 0 Å². The highest BCUT2D eigenvalue weighted by atomic mass is 16.3. The molecule has 4 heteroatoms. The van der Waals surface area contributed by atoms with E-state index in [0.29, 0.717) is 17.8 Å². The van der Waals surface area contributed by atoms with Crippen molar-refractivity contribution in [2.75, 3.05) is 9.80 Å². The summed E-state index contributed by atoms with van der Waals surface area (Å²) < 4.78 is 14.6. The van der Waals surface area contributed by atoms with Crippen molar-refractivity contribution in [2.45, 2.75) is 140 Å². The largest absolute Gasteiger partial charge is 0.454 e. The van der Waals surface area contributed by atoms with Crippen LogP contribution in [0.2, 0.25) is 0 Å². The predicted octanol–water partition coefficient (Wildman–Crippen LogP) is 22.8. The molecule has 0 radical (unpaired) electrons. The zero-order valence-electron chi connectivity index (χ0n) is 45.6. The van der Waals surface area contributed by atoms with Crippen molar-refractivity contribution >= 4 is 110 Å². The number of hydrogen-bond acceptors (Lipinski definition) is 4. The first kappa shape index (κ1) is 47.4. The van der Waals surface area contributed by atoms with Crippen LogP contribution in [-0.4, -0.2) is 0 Å². The van der Waals surface area contributed by atoms with Crippen molar-refractivity contribution in [2.24, 2.45) is 5.92 Å². The second-order valence-electron chi connectivity index (χ2n) is 24.5. The molecule has 12 aromatic rings. The second kappa shape index (κ2) is 19.7. The Hall–Kier alpha value is -7.56. The lowest BCUT2D eigenvalue weighted by molar-refractivity contribution is 0.443. The van der Waals surface area contributed by atoms with Gasteiger partial charge in [-0.15, -0.1) is 0 Å². The molecular formula is C75H70N2O2. The number of para-hydroxylation sites is 4. The molecule has 0 atom stereocenters. The predicted molar refractivity (Wildman–Crippen MR) is 333 cm³/mol. The zero-order valence-corrected chi connectivity index (χ0v) is 45.6. The fourth-order valence-electron chi connectivity index (χ4n) is 15.9. The molecule has 4 nitrogen and oxygen atoms in total. The van der Waals surface area contributed by atoms with E-state index in [1.165, 1.54) is 192 Å². The number of anilines is 6. The monoisotopic (exact) mass is 1030 g/mol. The third-order valence-electron chi connectivity index (χ3n) is 19.9. The Labute approximate surface area is 464 Å². The Bertz CT molecular complexity index is 4210. The summed E-state index contributed by atoms with van der Waals surface area (Å²) in [5.74, 6) is 2.52. The quantitative estimate of drug-likeness (QED) is 0.121. The molecule has 0 spiro atoms. The fourth-order valence-corrected chi connectivity index (χ4v) is 15.9. The molecule has 0 bridgehead atoms. The van der Waals surface area contributed by atoms with E-state index in [1.807, 2.05) is 0 Å². The summed E-state index contributed by atoms with van der Waals surface area (Å²) in [6.45, 7) is 0. The van der Waals surface area contributed by atoms with Gasteiger partial charge in [0.2, 0.25) is 0 Å². The lowest BCUT2D eigenvalue weighted by atomic mass is 9.84. The second-order valence-corrected chi connectivity index (χ2v) is 24.5.